The number of halogens is 1. The Morgan fingerprint density at radius 2 is 2.39 bits per heavy atom. The number of carbonyl (C=O) groups is 1. The average Bonchev–Trinajstić information content (AvgIpc) is 2.82. The third kappa shape index (κ3) is 4.71. The highest BCUT2D eigenvalue weighted by Crippen LogP contribution is 2.16. The fourth-order valence-corrected chi connectivity index (χ4v) is 3.18. The standard InChI is InChI=1S/C14H21NOS.ClH/c1-12-4-2-7-15(10-12)8-3-5-14(16)13-6-9-17-11-13;/h6,9,11-12H,2-5,7-8,10H2,1H3;1H. The first-order valence-corrected chi connectivity index (χ1v) is 7.48. The van der Waals surface area contributed by atoms with Crippen LogP contribution in [0.2, 0.25) is 0 Å². The maximum Gasteiger partial charge on any atom is 0.163 e. The van der Waals surface area contributed by atoms with Crippen LogP contribution in [0, 0.1) is 5.92 Å². The van der Waals surface area contributed by atoms with Crippen LogP contribution in [0.3, 0.4) is 0 Å². The van der Waals surface area contributed by atoms with Gasteiger partial charge in [0.25, 0.3) is 0 Å². The molecule has 1 saturated heterocycles. The summed E-state index contributed by atoms with van der Waals surface area (Å²) in [6.07, 6.45) is 4.38. The van der Waals surface area contributed by atoms with Crippen LogP contribution in [0.25, 0.3) is 0 Å². The molecule has 2 heterocycles. The van der Waals surface area contributed by atoms with Gasteiger partial charge in [0.2, 0.25) is 0 Å². The highest BCUT2D eigenvalue weighted by Gasteiger charge is 2.16. The number of piperidine rings is 1. The summed E-state index contributed by atoms with van der Waals surface area (Å²) in [6.45, 7) is 5.84. The first kappa shape index (κ1) is 15.7. The lowest BCUT2D eigenvalue weighted by atomic mass is 10.00. The van der Waals surface area contributed by atoms with E-state index in [4.69, 9.17) is 0 Å². The zero-order chi connectivity index (χ0) is 12.1. The Balaban J connectivity index is 0.00000162. The predicted octanol–water partition coefficient (Wildman–Crippen LogP) is 3.86. The van der Waals surface area contributed by atoms with Crippen molar-refractivity contribution in [1.82, 2.24) is 4.90 Å². The SMILES string of the molecule is CC1CCCN(CCCC(=O)c2ccsc2)C1.Cl. The van der Waals surface area contributed by atoms with Crippen LogP contribution < -0.4 is 0 Å². The summed E-state index contributed by atoms with van der Waals surface area (Å²) in [7, 11) is 0. The van der Waals surface area contributed by atoms with Gasteiger partial charge in [-0.1, -0.05) is 6.92 Å². The van der Waals surface area contributed by atoms with Crippen molar-refractivity contribution in [2.75, 3.05) is 19.6 Å². The average molecular weight is 288 g/mol. The van der Waals surface area contributed by atoms with E-state index in [0.717, 1.165) is 24.4 Å². The smallest absolute Gasteiger partial charge is 0.163 e. The van der Waals surface area contributed by atoms with Gasteiger partial charge in [-0.05, 0) is 49.7 Å². The van der Waals surface area contributed by atoms with Crippen molar-refractivity contribution < 1.29 is 4.79 Å². The molecule has 1 aromatic heterocycles. The van der Waals surface area contributed by atoms with Gasteiger partial charge in [0.15, 0.2) is 5.78 Å². The number of ketones is 1. The van der Waals surface area contributed by atoms with E-state index < -0.39 is 0 Å². The summed E-state index contributed by atoms with van der Waals surface area (Å²) in [5, 5.41) is 3.92. The van der Waals surface area contributed by atoms with Crippen LogP contribution in [0.15, 0.2) is 16.8 Å². The number of Topliss-reactive ketones (excluding diaryl/α,β-unsaturated/α-hetero) is 1. The number of nitrogens with zero attached hydrogens (tertiary/aromatic N) is 1. The molecule has 0 bridgehead atoms. The minimum atomic E-state index is 0. The second-order valence-electron chi connectivity index (χ2n) is 5.09. The topological polar surface area (TPSA) is 20.3 Å². The molecule has 2 rings (SSSR count). The van der Waals surface area contributed by atoms with Gasteiger partial charge in [0.1, 0.15) is 0 Å². The van der Waals surface area contributed by atoms with Gasteiger partial charge in [-0.2, -0.15) is 11.3 Å². The third-order valence-electron chi connectivity index (χ3n) is 3.46. The van der Waals surface area contributed by atoms with Crippen molar-refractivity contribution >= 4 is 29.5 Å². The van der Waals surface area contributed by atoms with Crippen LogP contribution in [0.4, 0.5) is 0 Å². The zero-order valence-electron chi connectivity index (χ0n) is 10.9. The number of thiophene rings is 1. The number of carbonyl (C=O) groups excluding carboxylic acids is 1. The molecule has 1 aliphatic heterocycles. The first-order chi connectivity index (χ1) is 8.25. The molecule has 0 aliphatic carbocycles. The third-order valence-corrected chi connectivity index (χ3v) is 4.15. The molecule has 0 N–H and O–H groups in total. The Labute approximate surface area is 120 Å². The quantitative estimate of drug-likeness (QED) is 0.767. The number of likely N-dealkylation sites (tertiary alicyclic amines) is 1. The van der Waals surface area contributed by atoms with Crippen molar-refractivity contribution in [3.8, 4) is 0 Å². The minimum absolute atomic E-state index is 0. The normalized spacial score (nSPS) is 20.4. The summed E-state index contributed by atoms with van der Waals surface area (Å²) < 4.78 is 0. The Morgan fingerprint density at radius 3 is 3.06 bits per heavy atom. The summed E-state index contributed by atoms with van der Waals surface area (Å²) in [4.78, 5) is 14.3. The van der Waals surface area contributed by atoms with Crippen LogP contribution in [-0.2, 0) is 0 Å². The van der Waals surface area contributed by atoms with Gasteiger partial charge in [-0.15, -0.1) is 12.4 Å². The van der Waals surface area contributed by atoms with Gasteiger partial charge < -0.3 is 4.90 Å². The van der Waals surface area contributed by atoms with E-state index in [0.29, 0.717) is 12.2 Å². The molecular weight excluding hydrogens is 266 g/mol. The molecule has 102 valence electrons. The molecule has 0 spiro atoms. The molecular formula is C14H22ClNOS. The molecule has 1 aliphatic rings. The molecule has 0 aromatic carbocycles. The van der Waals surface area contributed by atoms with E-state index in [1.165, 1.54) is 25.9 Å². The van der Waals surface area contributed by atoms with Crippen LogP contribution >= 0.6 is 23.7 Å². The number of rotatable bonds is 5. The molecule has 1 aromatic rings. The lowest BCUT2D eigenvalue weighted by Gasteiger charge is -2.30. The molecule has 4 heteroatoms. The van der Waals surface area contributed by atoms with E-state index >= 15 is 0 Å². The summed E-state index contributed by atoms with van der Waals surface area (Å²) in [5.74, 6) is 1.13. The summed E-state index contributed by atoms with van der Waals surface area (Å²) >= 11 is 1.60. The van der Waals surface area contributed by atoms with Gasteiger partial charge in [-0.3, -0.25) is 4.79 Å². The highest BCUT2D eigenvalue weighted by atomic mass is 35.5. The molecule has 1 fully saturated rings. The maximum absolute atomic E-state index is 11.8. The Bertz CT molecular complexity index is 353. The molecule has 0 radical (unpaired) electrons. The Kier molecular flexibility index (Phi) is 6.90. The molecule has 2 nitrogen and oxygen atoms in total. The van der Waals surface area contributed by atoms with Crippen molar-refractivity contribution in [2.24, 2.45) is 5.92 Å². The fourth-order valence-electron chi connectivity index (χ4n) is 2.52. The summed E-state index contributed by atoms with van der Waals surface area (Å²) in [5.41, 5.74) is 0.891. The first-order valence-electron chi connectivity index (χ1n) is 6.53. The Hall–Kier alpha value is -0.380. The van der Waals surface area contributed by atoms with Crippen molar-refractivity contribution in [3.05, 3.63) is 22.4 Å². The monoisotopic (exact) mass is 287 g/mol. The van der Waals surface area contributed by atoms with E-state index in [2.05, 4.69) is 11.8 Å². The molecule has 18 heavy (non-hydrogen) atoms. The largest absolute Gasteiger partial charge is 0.303 e. The second-order valence-corrected chi connectivity index (χ2v) is 5.87. The van der Waals surface area contributed by atoms with Crippen LogP contribution in [-0.4, -0.2) is 30.3 Å². The highest BCUT2D eigenvalue weighted by molar-refractivity contribution is 7.08. The summed E-state index contributed by atoms with van der Waals surface area (Å²) in [6, 6.07) is 1.93. The van der Waals surface area contributed by atoms with Gasteiger partial charge in [-0.25, -0.2) is 0 Å². The van der Waals surface area contributed by atoms with E-state index in [1.54, 1.807) is 11.3 Å². The van der Waals surface area contributed by atoms with E-state index in [1.807, 2.05) is 16.8 Å². The van der Waals surface area contributed by atoms with Gasteiger partial charge >= 0.3 is 0 Å². The number of hydrogen-bond donors (Lipinski definition) is 0. The lowest BCUT2D eigenvalue weighted by Crippen LogP contribution is -2.35. The van der Waals surface area contributed by atoms with Crippen molar-refractivity contribution in [3.63, 3.8) is 0 Å². The molecule has 1 unspecified atom stereocenters. The van der Waals surface area contributed by atoms with Crippen LogP contribution in [0.5, 0.6) is 0 Å². The predicted molar refractivity (Wildman–Crippen MR) is 80.0 cm³/mol. The van der Waals surface area contributed by atoms with Gasteiger partial charge in [0.05, 0.1) is 0 Å². The molecule has 0 amide bonds. The Morgan fingerprint density at radius 1 is 1.56 bits per heavy atom. The molecule has 0 saturated carbocycles. The fraction of sp³-hybridized carbons (Fsp3) is 0.643. The zero-order valence-corrected chi connectivity index (χ0v) is 12.6. The van der Waals surface area contributed by atoms with Crippen molar-refractivity contribution in [1.29, 1.82) is 0 Å². The van der Waals surface area contributed by atoms with Gasteiger partial charge in [0, 0.05) is 23.9 Å². The number of hydrogen-bond acceptors (Lipinski definition) is 3. The minimum Gasteiger partial charge on any atom is -0.303 e. The van der Waals surface area contributed by atoms with Crippen LogP contribution in [0.1, 0.15) is 43.0 Å². The maximum atomic E-state index is 11.8. The molecule has 1 atom stereocenters. The van der Waals surface area contributed by atoms with E-state index in [-0.39, 0.29) is 12.4 Å². The van der Waals surface area contributed by atoms with Crippen molar-refractivity contribution in [2.45, 2.75) is 32.6 Å². The second kappa shape index (κ2) is 7.93. The van der Waals surface area contributed by atoms with E-state index in [9.17, 15) is 4.79 Å². The lowest BCUT2D eigenvalue weighted by molar-refractivity contribution is 0.0970.